The molecule has 12 heteroatoms. The Morgan fingerprint density at radius 3 is 2.28 bits per heavy atom. The van der Waals surface area contributed by atoms with Gasteiger partial charge in [-0.25, -0.2) is 18.4 Å². The minimum Gasteiger partial charge on any atom is -0.508 e. The van der Waals surface area contributed by atoms with Crippen molar-refractivity contribution in [2.45, 2.75) is 19.2 Å². The van der Waals surface area contributed by atoms with Crippen LogP contribution in [0.5, 0.6) is 17.2 Å². The van der Waals surface area contributed by atoms with Gasteiger partial charge in [0.25, 0.3) is 15.9 Å². The van der Waals surface area contributed by atoms with Crippen LogP contribution in [-0.2, 0) is 14.8 Å². The number of nitrogens with zero attached hydrogens (tertiary/aromatic N) is 2. The van der Waals surface area contributed by atoms with Gasteiger partial charge in [-0.2, -0.15) is 0 Å². The van der Waals surface area contributed by atoms with Crippen LogP contribution >= 0.6 is 0 Å². The van der Waals surface area contributed by atoms with Crippen molar-refractivity contribution < 1.29 is 27.8 Å². The van der Waals surface area contributed by atoms with Crippen molar-refractivity contribution in [2.24, 2.45) is 0 Å². The maximum Gasteiger partial charge on any atom is 0.263 e. The number of anilines is 4. The number of carbonyl (C=O) groups is 1. The lowest BCUT2D eigenvalue weighted by Crippen LogP contribution is -2.21. The molecule has 0 aliphatic heterocycles. The van der Waals surface area contributed by atoms with E-state index in [2.05, 4.69) is 25.3 Å². The first-order valence-electron chi connectivity index (χ1n) is 12.7. The number of benzene rings is 4. The number of fused-ring (bicyclic) bond motifs is 1. The number of nitrogens with one attached hydrogen (secondary N) is 3. The monoisotopic (exact) mass is 601 g/mol. The number of hydrogen-bond acceptors (Lipinski definition) is 9. The zero-order chi connectivity index (χ0) is 29.7. The largest absolute Gasteiger partial charge is 0.508 e. The van der Waals surface area contributed by atoms with Crippen molar-refractivity contribution in [1.82, 2.24) is 9.97 Å². The predicted octanol–water partition coefficient (Wildman–Crippen LogP) is 5.85. The number of sulfonamides is 1. The molecule has 0 spiro atoms. The molecule has 0 radical (unpaired) electrons. The van der Waals surface area contributed by atoms with Crippen LogP contribution in [0.15, 0.2) is 95.9 Å². The average Bonchev–Trinajstić information content (AvgIpc) is 2.96. The number of aromatic hydroxyl groups is 1. The molecule has 0 atom stereocenters. The summed E-state index contributed by atoms with van der Waals surface area (Å²) in [7, 11) is -2.73. The van der Waals surface area contributed by atoms with E-state index < -0.39 is 15.9 Å². The van der Waals surface area contributed by atoms with Gasteiger partial charge in [0, 0.05) is 29.6 Å². The van der Waals surface area contributed by atoms with E-state index in [1.54, 1.807) is 42.5 Å². The van der Waals surface area contributed by atoms with Gasteiger partial charge in [-0.15, -0.1) is 0 Å². The fraction of sp³-hybridized carbons (Fsp3) is 0.129. The fourth-order valence-electron chi connectivity index (χ4n) is 4.05. The van der Waals surface area contributed by atoms with Crippen molar-refractivity contribution in [3.05, 3.63) is 96.6 Å². The minimum absolute atomic E-state index is 0. The van der Waals surface area contributed by atoms with E-state index >= 15 is 0 Å². The van der Waals surface area contributed by atoms with Gasteiger partial charge in [0.2, 0.25) is 0 Å². The molecule has 4 aromatic carbocycles. The summed E-state index contributed by atoms with van der Waals surface area (Å²) in [4.78, 5) is 21.4. The van der Waals surface area contributed by atoms with Crippen LogP contribution in [0.2, 0.25) is 0 Å². The SMILES string of the molecule is C.COc1cc(O)cc(Nc2nc3ccccc3nc2NS(=O)(=O)c2cccc(NC(=O)COc3cccc(C)c3)c2)c1. The van der Waals surface area contributed by atoms with Gasteiger partial charge in [0.05, 0.1) is 23.0 Å². The molecule has 0 aliphatic carbocycles. The van der Waals surface area contributed by atoms with E-state index in [0.717, 1.165) is 5.56 Å². The molecule has 43 heavy (non-hydrogen) atoms. The summed E-state index contributed by atoms with van der Waals surface area (Å²) in [5.74, 6) is 0.454. The molecule has 222 valence electrons. The van der Waals surface area contributed by atoms with Gasteiger partial charge in [-0.05, 0) is 55.0 Å². The molecular formula is C31H31N5O6S. The maximum absolute atomic E-state index is 13.5. The van der Waals surface area contributed by atoms with Crippen LogP contribution < -0.4 is 24.8 Å². The Labute approximate surface area is 249 Å². The maximum atomic E-state index is 13.5. The van der Waals surface area contributed by atoms with Crippen LogP contribution in [-0.4, -0.2) is 43.1 Å². The molecule has 1 aromatic heterocycles. The number of phenols is 1. The van der Waals surface area contributed by atoms with Crippen LogP contribution in [0.3, 0.4) is 0 Å². The number of rotatable bonds is 10. The Morgan fingerprint density at radius 1 is 0.837 bits per heavy atom. The fourth-order valence-corrected chi connectivity index (χ4v) is 5.10. The number of hydrogen-bond donors (Lipinski definition) is 4. The quantitative estimate of drug-likeness (QED) is 0.154. The van der Waals surface area contributed by atoms with E-state index in [4.69, 9.17) is 9.47 Å². The molecule has 0 bridgehead atoms. The van der Waals surface area contributed by atoms with Gasteiger partial charge in [0.1, 0.15) is 17.2 Å². The molecule has 1 heterocycles. The van der Waals surface area contributed by atoms with Gasteiger partial charge in [-0.3, -0.25) is 9.52 Å². The van der Waals surface area contributed by atoms with Gasteiger partial charge < -0.3 is 25.2 Å². The number of aryl methyl sites for hydroxylation is 1. The van der Waals surface area contributed by atoms with Crippen molar-refractivity contribution in [3.8, 4) is 17.2 Å². The summed E-state index contributed by atoms with van der Waals surface area (Å²) < 4.78 is 40.2. The lowest BCUT2D eigenvalue weighted by molar-refractivity contribution is -0.118. The first-order valence-corrected chi connectivity index (χ1v) is 14.2. The molecule has 0 fully saturated rings. The molecule has 0 saturated carbocycles. The van der Waals surface area contributed by atoms with Gasteiger partial charge in [-0.1, -0.05) is 37.8 Å². The highest BCUT2D eigenvalue weighted by Crippen LogP contribution is 2.31. The summed E-state index contributed by atoms with van der Waals surface area (Å²) in [6.07, 6.45) is 0. The first-order chi connectivity index (χ1) is 20.2. The predicted molar refractivity (Wildman–Crippen MR) is 167 cm³/mol. The molecule has 11 nitrogen and oxygen atoms in total. The highest BCUT2D eigenvalue weighted by atomic mass is 32.2. The van der Waals surface area contributed by atoms with Crippen LogP contribution in [0.25, 0.3) is 11.0 Å². The summed E-state index contributed by atoms with van der Waals surface area (Å²) in [6.45, 7) is 1.67. The third-order valence-corrected chi connectivity index (χ3v) is 7.32. The van der Waals surface area contributed by atoms with Crippen molar-refractivity contribution in [2.75, 3.05) is 29.1 Å². The molecular weight excluding hydrogens is 570 g/mol. The molecule has 1 amide bonds. The second-order valence-electron chi connectivity index (χ2n) is 9.24. The van der Waals surface area contributed by atoms with E-state index in [1.807, 2.05) is 25.1 Å². The van der Waals surface area contributed by atoms with Gasteiger partial charge in [0.15, 0.2) is 18.2 Å². The summed E-state index contributed by atoms with van der Waals surface area (Å²) in [6, 6.07) is 24.6. The molecule has 4 N–H and O–H groups in total. The smallest absolute Gasteiger partial charge is 0.263 e. The minimum atomic E-state index is -4.19. The Morgan fingerprint density at radius 2 is 1.56 bits per heavy atom. The highest BCUT2D eigenvalue weighted by Gasteiger charge is 2.20. The zero-order valence-electron chi connectivity index (χ0n) is 22.7. The summed E-state index contributed by atoms with van der Waals surface area (Å²) in [5, 5.41) is 15.7. The molecule has 0 aliphatic rings. The molecule has 5 rings (SSSR count). The number of para-hydroxylation sites is 2. The topological polar surface area (TPSA) is 152 Å². The lowest BCUT2D eigenvalue weighted by atomic mass is 10.2. The van der Waals surface area contributed by atoms with E-state index in [0.29, 0.717) is 28.2 Å². The summed E-state index contributed by atoms with van der Waals surface area (Å²) in [5.41, 5.74) is 2.64. The lowest BCUT2D eigenvalue weighted by Gasteiger charge is -2.15. The van der Waals surface area contributed by atoms with Crippen molar-refractivity contribution in [1.29, 1.82) is 0 Å². The third kappa shape index (κ3) is 7.68. The second kappa shape index (κ2) is 13.1. The van der Waals surface area contributed by atoms with Crippen LogP contribution in [0, 0.1) is 6.92 Å². The highest BCUT2D eigenvalue weighted by molar-refractivity contribution is 7.92. The third-order valence-electron chi connectivity index (χ3n) is 5.98. The van der Waals surface area contributed by atoms with Crippen LogP contribution in [0.4, 0.5) is 23.0 Å². The Bertz CT molecular complexity index is 1880. The molecule has 0 unspecified atom stereocenters. The normalized spacial score (nSPS) is 10.8. The number of amides is 1. The molecule has 0 saturated heterocycles. The number of ether oxygens (including phenoxy) is 2. The van der Waals surface area contributed by atoms with Crippen molar-refractivity contribution >= 4 is 50.0 Å². The standard InChI is InChI=1S/C30H27N5O6S.CH4/c1-19-7-5-9-23(13-19)41-18-28(37)31-20-8-6-10-25(16-20)42(38,39)35-30-29(33-26-11-3-4-12-27(26)34-30)32-21-14-22(36)17-24(15-21)40-2;/h3-17,36H,18H2,1-2H3,(H,31,37)(H,32,33)(H,34,35);1H4. The Hall–Kier alpha value is -5.36. The van der Waals surface area contributed by atoms with Gasteiger partial charge >= 0.3 is 0 Å². The Kier molecular flexibility index (Phi) is 9.31. The van der Waals surface area contributed by atoms with E-state index in [9.17, 15) is 18.3 Å². The second-order valence-corrected chi connectivity index (χ2v) is 10.9. The zero-order valence-corrected chi connectivity index (χ0v) is 23.5. The number of phenolic OH excluding ortho intramolecular Hbond substituents is 1. The van der Waals surface area contributed by atoms with E-state index in [1.165, 1.54) is 37.4 Å². The average molecular weight is 602 g/mol. The first kappa shape index (κ1) is 30.6. The van der Waals surface area contributed by atoms with Crippen LogP contribution in [0.1, 0.15) is 13.0 Å². The summed E-state index contributed by atoms with van der Waals surface area (Å²) >= 11 is 0. The van der Waals surface area contributed by atoms with Crippen molar-refractivity contribution in [3.63, 3.8) is 0 Å². The molecule has 5 aromatic rings. The number of carbonyl (C=O) groups excluding carboxylic acids is 1. The van der Waals surface area contributed by atoms with E-state index in [-0.39, 0.29) is 42.0 Å². The number of aromatic nitrogens is 2. The number of methoxy groups -OCH3 is 1. The Balaban J connectivity index is 0.00000423.